The van der Waals surface area contributed by atoms with Crippen LogP contribution in [0.5, 0.6) is 5.75 Å². The molecule has 1 saturated carbocycles. The summed E-state index contributed by atoms with van der Waals surface area (Å²) in [6.45, 7) is 2.28. The topological polar surface area (TPSA) is 60.5 Å². The summed E-state index contributed by atoms with van der Waals surface area (Å²) in [5.74, 6) is 1.20. The van der Waals surface area contributed by atoms with Crippen molar-refractivity contribution in [3.63, 3.8) is 0 Å². The molecule has 0 aliphatic heterocycles. The maximum atomic E-state index is 12.6. The van der Waals surface area contributed by atoms with Gasteiger partial charge in [0.2, 0.25) is 0 Å². The van der Waals surface area contributed by atoms with E-state index in [1.165, 1.54) is 19.3 Å². The third-order valence-electron chi connectivity index (χ3n) is 5.18. The molecule has 25 heavy (non-hydrogen) atoms. The molecule has 0 atom stereocenters. The van der Waals surface area contributed by atoms with Crippen LogP contribution in [-0.4, -0.2) is 32.1 Å². The third-order valence-corrected chi connectivity index (χ3v) is 5.18. The number of aryl methyl sites for hydroxylation is 1. The van der Waals surface area contributed by atoms with Crippen molar-refractivity contribution in [3.8, 4) is 5.75 Å². The number of benzene rings is 1. The number of methoxy groups -OCH3 is 2. The lowest BCUT2D eigenvalue weighted by atomic mass is 9.86. The lowest BCUT2D eigenvalue weighted by Crippen LogP contribution is -2.22. The summed E-state index contributed by atoms with van der Waals surface area (Å²) in [7, 11) is 3.16. The number of pyridine rings is 1. The van der Waals surface area contributed by atoms with Crippen molar-refractivity contribution < 1.29 is 14.2 Å². The molecule has 0 bridgehead atoms. The highest BCUT2D eigenvalue weighted by Crippen LogP contribution is 2.33. The van der Waals surface area contributed by atoms with Crippen LogP contribution in [0.15, 0.2) is 23.0 Å². The summed E-state index contributed by atoms with van der Waals surface area (Å²) >= 11 is 0. The van der Waals surface area contributed by atoms with Crippen molar-refractivity contribution >= 4 is 10.9 Å². The van der Waals surface area contributed by atoms with Gasteiger partial charge < -0.3 is 19.2 Å². The molecule has 0 amide bonds. The van der Waals surface area contributed by atoms with Crippen molar-refractivity contribution in [3.05, 3.63) is 39.7 Å². The molecule has 0 radical (unpaired) electrons. The van der Waals surface area contributed by atoms with Crippen LogP contribution in [0.3, 0.4) is 0 Å². The number of fused-ring (bicyclic) bond motifs is 1. The van der Waals surface area contributed by atoms with Gasteiger partial charge in [-0.25, -0.2) is 0 Å². The average molecular weight is 345 g/mol. The van der Waals surface area contributed by atoms with Gasteiger partial charge in [0, 0.05) is 36.9 Å². The number of hydrogen-bond acceptors (Lipinski definition) is 4. The fraction of sp³-hybridized carbons (Fsp3) is 0.550. The zero-order chi connectivity index (χ0) is 17.8. The van der Waals surface area contributed by atoms with Gasteiger partial charge in [0.1, 0.15) is 12.4 Å². The SMILES string of the molecule is COC(COc1ccc2c(=O)cc(C3CCCCC3)[nH]c2c1C)OC. The summed E-state index contributed by atoms with van der Waals surface area (Å²) < 4.78 is 16.2. The smallest absolute Gasteiger partial charge is 0.191 e. The Labute approximate surface area is 148 Å². The van der Waals surface area contributed by atoms with E-state index >= 15 is 0 Å². The number of hydrogen-bond donors (Lipinski definition) is 1. The normalized spacial score (nSPS) is 15.8. The molecule has 0 spiro atoms. The Bertz CT molecular complexity index is 773. The van der Waals surface area contributed by atoms with Gasteiger partial charge in [-0.2, -0.15) is 0 Å². The Kier molecular flexibility index (Phi) is 5.76. The van der Waals surface area contributed by atoms with E-state index in [1.807, 2.05) is 19.1 Å². The van der Waals surface area contributed by atoms with Gasteiger partial charge >= 0.3 is 0 Å². The summed E-state index contributed by atoms with van der Waals surface area (Å²) in [5, 5.41) is 0.708. The van der Waals surface area contributed by atoms with Crippen LogP contribution in [0.4, 0.5) is 0 Å². The van der Waals surface area contributed by atoms with Crippen LogP contribution in [0.1, 0.15) is 49.3 Å². The third kappa shape index (κ3) is 3.88. The first-order chi connectivity index (χ1) is 12.1. The van der Waals surface area contributed by atoms with Crippen LogP contribution in [0.2, 0.25) is 0 Å². The van der Waals surface area contributed by atoms with Crippen molar-refractivity contribution in [1.82, 2.24) is 4.98 Å². The Morgan fingerprint density at radius 3 is 2.56 bits per heavy atom. The van der Waals surface area contributed by atoms with E-state index < -0.39 is 6.29 Å². The fourth-order valence-electron chi connectivity index (χ4n) is 3.64. The predicted molar refractivity (Wildman–Crippen MR) is 98.4 cm³/mol. The van der Waals surface area contributed by atoms with E-state index in [-0.39, 0.29) is 5.43 Å². The van der Waals surface area contributed by atoms with Gasteiger partial charge in [-0.1, -0.05) is 19.3 Å². The Morgan fingerprint density at radius 1 is 1.16 bits per heavy atom. The van der Waals surface area contributed by atoms with Crippen LogP contribution < -0.4 is 10.2 Å². The van der Waals surface area contributed by atoms with E-state index in [0.717, 1.165) is 35.4 Å². The van der Waals surface area contributed by atoms with Crippen molar-refractivity contribution in [2.75, 3.05) is 20.8 Å². The molecule has 136 valence electrons. The molecule has 5 nitrogen and oxygen atoms in total. The van der Waals surface area contributed by atoms with E-state index in [9.17, 15) is 4.79 Å². The molecule has 1 aromatic heterocycles. The zero-order valence-electron chi connectivity index (χ0n) is 15.3. The van der Waals surface area contributed by atoms with E-state index in [0.29, 0.717) is 17.9 Å². The van der Waals surface area contributed by atoms with Gasteiger partial charge in [-0.15, -0.1) is 0 Å². The highest BCUT2D eigenvalue weighted by atomic mass is 16.7. The monoisotopic (exact) mass is 345 g/mol. The van der Waals surface area contributed by atoms with Crippen LogP contribution in [-0.2, 0) is 9.47 Å². The molecule has 2 aromatic rings. The second kappa shape index (κ2) is 8.02. The summed E-state index contributed by atoms with van der Waals surface area (Å²) in [6, 6.07) is 5.45. The molecule has 1 fully saturated rings. The van der Waals surface area contributed by atoms with Crippen molar-refractivity contribution in [1.29, 1.82) is 0 Å². The van der Waals surface area contributed by atoms with E-state index in [1.54, 1.807) is 20.3 Å². The number of nitrogens with one attached hydrogen (secondary N) is 1. The molecule has 0 saturated heterocycles. The maximum absolute atomic E-state index is 12.6. The predicted octanol–water partition coefficient (Wildman–Crippen LogP) is 3.88. The van der Waals surface area contributed by atoms with Crippen LogP contribution in [0.25, 0.3) is 10.9 Å². The first-order valence-corrected chi connectivity index (χ1v) is 8.99. The number of H-pyrrole nitrogens is 1. The second-order valence-electron chi connectivity index (χ2n) is 6.75. The average Bonchev–Trinajstić information content (AvgIpc) is 2.65. The number of ether oxygens (including phenoxy) is 3. The zero-order valence-corrected chi connectivity index (χ0v) is 15.3. The fourth-order valence-corrected chi connectivity index (χ4v) is 3.64. The molecule has 1 aliphatic rings. The molecular weight excluding hydrogens is 318 g/mol. The molecule has 1 N–H and O–H groups in total. The van der Waals surface area contributed by atoms with Gasteiger partial charge in [0.05, 0.1) is 5.52 Å². The van der Waals surface area contributed by atoms with Gasteiger partial charge in [-0.05, 0) is 37.8 Å². The molecule has 5 heteroatoms. The Balaban J connectivity index is 1.94. The molecule has 3 rings (SSSR count). The van der Waals surface area contributed by atoms with E-state index in [2.05, 4.69) is 4.98 Å². The Morgan fingerprint density at radius 2 is 1.88 bits per heavy atom. The maximum Gasteiger partial charge on any atom is 0.191 e. The molecule has 0 unspecified atom stereocenters. The quantitative estimate of drug-likeness (QED) is 0.807. The highest BCUT2D eigenvalue weighted by molar-refractivity contribution is 5.83. The number of aromatic amines is 1. The van der Waals surface area contributed by atoms with Crippen LogP contribution in [0, 0.1) is 6.92 Å². The highest BCUT2D eigenvalue weighted by Gasteiger charge is 2.18. The minimum absolute atomic E-state index is 0.0793. The molecule has 1 aliphatic carbocycles. The van der Waals surface area contributed by atoms with Crippen molar-refractivity contribution in [2.24, 2.45) is 0 Å². The van der Waals surface area contributed by atoms with Crippen molar-refractivity contribution in [2.45, 2.75) is 51.2 Å². The number of aromatic nitrogens is 1. The largest absolute Gasteiger partial charge is 0.488 e. The summed E-state index contributed by atoms with van der Waals surface area (Å²) in [4.78, 5) is 16.1. The van der Waals surface area contributed by atoms with Gasteiger partial charge in [0.15, 0.2) is 11.7 Å². The Hall–Kier alpha value is -1.85. The molecular formula is C20H27NO4. The minimum atomic E-state index is -0.414. The van der Waals surface area contributed by atoms with Crippen LogP contribution >= 0.6 is 0 Å². The second-order valence-corrected chi connectivity index (χ2v) is 6.75. The van der Waals surface area contributed by atoms with Gasteiger partial charge in [0.25, 0.3) is 0 Å². The first kappa shape index (κ1) is 18.0. The lowest BCUT2D eigenvalue weighted by Gasteiger charge is -2.22. The molecule has 1 aromatic carbocycles. The van der Waals surface area contributed by atoms with E-state index in [4.69, 9.17) is 14.2 Å². The lowest BCUT2D eigenvalue weighted by molar-refractivity contribution is -0.122. The first-order valence-electron chi connectivity index (χ1n) is 8.99. The number of rotatable bonds is 6. The standard InChI is InChI=1S/C20H27NO4/c1-13-18(25-12-19(23-2)24-3)10-9-15-17(22)11-16(21-20(13)15)14-7-5-4-6-8-14/h9-11,14,19H,4-8,12H2,1-3H3,(H,21,22). The summed E-state index contributed by atoms with van der Waals surface area (Å²) in [6.07, 6.45) is 5.67. The summed E-state index contributed by atoms with van der Waals surface area (Å²) in [5.41, 5.74) is 2.95. The van der Waals surface area contributed by atoms with Gasteiger partial charge in [-0.3, -0.25) is 4.79 Å². The molecule has 1 heterocycles. The minimum Gasteiger partial charge on any atom is -0.488 e.